The van der Waals surface area contributed by atoms with Gasteiger partial charge < -0.3 is 31.3 Å². The standard InChI is InChI=1S/C7H13NO7/c8-3(4(11)2(10)1-9)5(12)6(13)7(14)15/h2-4,6,9-11,13H,1,8H2,(H,14,15)/t2-,3?,4-,6?/m1/s1. The molecule has 0 heterocycles. The molecule has 8 nitrogen and oxygen atoms in total. The van der Waals surface area contributed by atoms with Crippen molar-refractivity contribution in [3.05, 3.63) is 0 Å². The number of carboxylic acids is 1. The molecule has 0 aliphatic rings. The summed E-state index contributed by atoms with van der Waals surface area (Å²) in [4.78, 5) is 21.2. The molecule has 15 heavy (non-hydrogen) atoms. The van der Waals surface area contributed by atoms with Gasteiger partial charge in [0, 0.05) is 0 Å². The van der Waals surface area contributed by atoms with E-state index in [9.17, 15) is 9.59 Å². The highest BCUT2D eigenvalue weighted by Crippen LogP contribution is 2.02. The number of hydrogen-bond acceptors (Lipinski definition) is 7. The van der Waals surface area contributed by atoms with E-state index in [1.54, 1.807) is 0 Å². The van der Waals surface area contributed by atoms with E-state index in [0.717, 1.165) is 0 Å². The third-order valence-corrected chi connectivity index (χ3v) is 1.78. The topological polar surface area (TPSA) is 161 Å². The number of rotatable bonds is 6. The quantitative estimate of drug-likeness (QED) is 0.248. The Morgan fingerprint density at radius 1 is 1.20 bits per heavy atom. The Balaban J connectivity index is 4.50. The molecule has 0 saturated carbocycles. The monoisotopic (exact) mass is 223 g/mol. The number of nitrogens with two attached hydrogens (primary N) is 1. The van der Waals surface area contributed by atoms with Crippen molar-refractivity contribution in [2.24, 2.45) is 5.73 Å². The van der Waals surface area contributed by atoms with Gasteiger partial charge >= 0.3 is 5.97 Å². The van der Waals surface area contributed by atoms with Crippen molar-refractivity contribution in [2.75, 3.05) is 6.61 Å². The first-order valence-corrected chi connectivity index (χ1v) is 4.00. The van der Waals surface area contributed by atoms with Gasteiger partial charge in [0.25, 0.3) is 0 Å². The predicted octanol–water partition coefficient (Wildman–Crippen LogP) is -3.96. The first kappa shape index (κ1) is 13.9. The maximum Gasteiger partial charge on any atom is 0.340 e. The Bertz CT molecular complexity index is 243. The van der Waals surface area contributed by atoms with Crippen LogP contribution in [0.2, 0.25) is 0 Å². The molecule has 0 rings (SSSR count). The molecule has 88 valence electrons. The second kappa shape index (κ2) is 5.73. The minimum Gasteiger partial charge on any atom is -0.479 e. The van der Waals surface area contributed by atoms with Crippen LogP contribution in [0, 0.1) is 0 Å². The number of hydrogen-bond donors (Lipinski definition) is 6. The molecule has 0 aromatic heterocycles. The number of ketones is 1. The zero-order valence-corrected chi connectivity index (χ0v) is 7.65. The summed E-state index contributed by atoms with van der Waals surface area (Å²) in [6, 6.07) is -1.78. The van der Waals surface area contributed by atoms with E-state index in [4.69, 9.17) is 31.3 Å². The molecule has 0 aliphatic heterocycles. The maximum absolute atomic E-state index is 11.0. The molecule has 7 N–H and O–H groups in total. The first-order chi connectivity index (χ1) is 6.82. The van der Waals surface area contributed by atoms with Crippen LogP contribution < -0.4 is 5.73 Å². The van der Waals surface area contributed by atoms with Crippen LogP contribution >= 0.6 is 0 Å². The van der Waals surface area contributed by atoms with Crippen LogP contribution in [0.5, 0.6) is 0 Å². The number of aliphatic carboxylic acids is 1. The third-order valence-electron chi connectivity index (χ3n) is 1.78. The second-order valence-corrected chi connectivity index (χ2v) is 2.91. The number of carbonyl (C=O) groups is 2. The van der Waals surface area contributed by atoms with Crippen molar-refractivity contribution < 1.29 is 35.1 Å². The van der Waals surface area contributed by atoms with Gasteiger partial charge in [0.1, 0.15) is 12.2 Å². The molecule has 0 aromatic carbocycles. The maximum atomic E-state index is 11.0. The third kappa shape index (κ3) is 3.53. The highest BCUT2D eigenvalue weighted by molar-refractivity contribution is 6.03. The smallest absolute Gasteiger partial charge is 0.340 e. The van der Waals surface area contributed by atoms with Gasteiger partial charge in [-0.3, -0.25) is 4.79 Å². The van der Waals surface area contributed by atoms with E-state index in [2.05, 4.69) is 0 Å². The van der Waals surface area contributed by atoms with Gasteiger partial charge in [0.05, 0.1) is 12.6 Å². The summed E-state index contributed by atoms with van der Waals surface area (Å²) >= 11 is 0. The van der Waals surface area contributed by atoms with E-state index < -0.39 is 42.7 Å². The minimum absolute atomic E-state index is 0.842. The average molecular weight is 223 g/mol. The fourth-order valence-corrected chi connectivity index (χ4v) is 0.820. The van der Waals surface area contributed by atoms with Crippen LogP contribution in [0.1, 0.15) is 0 Å². The lowest BCUT2D eigenvalue weighted by atomic mass is 9.99. The average Bonchev–Trinajstić information content (AvgIpc) is 2.23. The Morgan fingerprint density at radius 3 is 2.00 bits per heavy atom. The first-order valence-electron chi connectivity index (χ1n) is 4.00. The summed E-state index contributed by atoms with van der Waals surface area (Å²) in [5.74, 6) is -3.15. The molecule has 0 aromatic rings. The van der Waals surface area contributed by atoms with E-state index in [0.29, 0.717) is 0 Å². The van der Waals surface area contributed by atoms with Crippen LogP contribution in [-0.2, 0) is 9.59 Å². The van der Waals surface area contributed by atoms with Crippen molar-refractivity contribution in [3.8, 4) is 0 Å². The molecule has 0 radical (unpaired) electrons. The van der Waals surface area contributed by atoms with Gasteiger partial charge in [-0.05, 0) is 0 Å². The van der Waals surface area contributed by atoms with Crippen LogP contribution in [-0.4, -0.2) is 68.2 Å². The lowest BCUT2D eigenvalue weighted by molar-refractivity contribution is -0.154. The van der Waals surface area contributed by atoms with E-state index in [1.807, 2.05) is 0 Å². The fraction of sp³-hybridized carbons (Fsp3) is 0.714. The fourth-order valence-electron chi connectivity index (χ4n) is 0.820. The Hall–Kier alpha value is -1.06. The van der Waals surface area contributed by atoms with Crippen molar-refractivity contribution >= 4 is 11.8 Å². The SMILES string of the molecule is NC(C(=O)C(O)C(=O)O)[C@H](O)[C@H](O)CO. The van der Waals surface area contributed by atoms with Crippen molar-refractivity contribution in [1.29, 1.82) is 0 Å². The summed E-state index contributed by atoms with van der Waals surface area (Å²) in [6.45, 7) is -0.842. The summed E-state index contributed by atoms with van der Waals surface area (Å²) in [6.07, 6.45) is -5.87. The number of Topliss-reactive ketones (excluding diaryl/α,β-unsaturated/α-hetero) is 1. The number of carboxylic acid groups (broad SMARTS) is 1. The molecule has 0 bridgehead atoms. The molecule has 0 aliphatic carbocycles. The minimum atomic E-state index is -2.36. The lowest BCUT2D eigenvalue weighted by Gasteiger charge is -2.22. The zero-order chi connectivity index (χ0) is 12.2. The van der Waals surface area contributed by atoms with Crippen molar-refractivity contribution in [2.45, 2.75) is 24.4 Å². The zero-order valence-electron chi connectivity index (χ0n) is 7.65. The van der Waals surface area contributed by atoms with Gasteiger partial charge in [0.15, 0.2) is 5.78 Å². The highest BCUT2D eigenvalue weighted by atomic mass is 16.4. The van der Waals surface area contributed by atoms with Crippen LogP contribution in [0.4, 0.5) is 0 Å². The van der Waals surface area contributed by atoms with E-state index >= 15 is 0 Å². The van der Waals surface area contributed by atoms with E-state index in [-0.39, 0.29) is 0 Å². The molecule has 0 saturated heterocycles. The van der Waals surface area contributed by atoms with Crippen molar-refractivity contribution in [3.63, 3.8) is 0 Å². The molecule has 0 spiro atoms. The van der Waals surface area contributed by atoms with Gasteiger partial charge in [0.2, 0.25) is 6.10 Å². The molecule has 8 heteroatoms. The number of carbonyl (C=O) groups excluding carboxylic acids is 1. The molecular weight excluding hydrogens is 210 g/mol. The van der Waals surface area contributed by atoms with Crippen LogP contribution in [0.25, 0.3) is 0 Å². The molecule has 0 fully saturated rings. The van der Waals surface area contributed by atoms with E-state index in [1.165, 1.54) is 0 Å². The summed E-state index contributed by atoms with van der Waals surface area (Å²) < 4.78 is 0. The Labute approximate surface area is 84.6 Å². The van der Waals surface area contributed by atoms with Crippen LogP contribution in [0.15, 0.2) is 0 Å². The van der Waals surface area contributed by atoms with Gasteiger partial charge in [-0.25, -0.2) is 4.79 Å². The summed E-state index contributed by atoms with van der Waals surface area (Å²) in [5.41, 5.74) is 5.08. The Kier molecular flexibility index (Phi) is 5.33. The molecular formula is C7H13NO7. The normalized spacial score (nSPS) is 19.0. The largest absolute Gasteiger partial charge is 0.479 e. The predicted molar refractivity (Wildman–Crippen MR) is 45.7 cm³/mol. The highest BCUT2D eigenvalue weighted by Gasteiger charge is 2.35. The molecule has 2 unspecified atom stereocenters. The summed E-state index contributed by atoms with van der Waals surface area (Å²) in [5, 5.41) is 43.5. The number of aliphatic hydroxyl groups is 4. The summed E-state index contributed by atoms with van der Waals surface area (Å²) in [7, 11) is 0. The van der Waals surface area contributed by atoms with Crippen molar-refractivity contribution in [1.82, 2.24) is 0 Å². The van der Waals surface area contributed by atoms with Gasteiger partial charge in [-0.1, -0.05) is 0 Å². The number of aliphatic hydroxyl groups excluding tert-OH is 4. The van der Waals surface area contributed by atoms with Gasteiger partial charge in [-0.2, -0.15) is 0 Å². The van der Waals surface area contributed by atoms with Crippen LogP contribution in [0.3, 0.4) is 0 Å². The molecule has 0 amide bonds. The molecule has 4 atom stereocenters. The lowest BCUT2D eigenvalue weighted by Crippen LogP contribution is -2.53. The van der Waals surface area contributed by atoms with Gasteiger partial charge in [-0.15, -0.1) is 0 Å². The second-order valence-electron chi connectivity index (χ2n) is 2.91. The Morgan fingerprint density at radius 2 is 1.67 bits per heavy atom.